The van der Waals surface area contributed by atoms with E-state index in [4.69, 9.17) is 5.11 Å². The highest BCUT2D eigenvalue weighted by Crippen LogP contribution is 2.20. The molecule has 1 aliphatic rings. The normalized spacial score (nSPS) is 21.9. The van der Waals surface area contributed by atoms with Gasteiger partial charge in [-0.3, -0.25) is 9.69 Å². The van der Waals surface area contributed by atoms with Gasteiger partial charge in [-0.1, -0.05) is 37.3 Å². The number of hydrogen-bond acceptors (Lipinski definition) is 2. The van der Waals surface area contributed by atoms with Gasteiger partial charge in [0, 0.05) is 6.54 Å². The van der Waals surface area contributed by atoms with Crippen LogP contribution in [0.1, 0.15) is 25.3 Å². The zero-order valence-electron chi connectivity index (χ0n) is 10.9. The third-order valence-electron chi connectivity index (χ3n) is 3.62. The van der Waals surface area contributed by atoms with E-state index < -0.39 is 5.97 Å². The van der Waals surface area contributed by atoms with E-state index in [1.165, 1.54) is 5.56 Å². The van der Waals surface area contributed by atoms with Crippen molar-refractivity contribution >= 4 is 5.97 Å². The van der Waals surface area contributed by atoms with Crippen molar-refractivity contribution in [3.05, 3.63) is 35.9 Å². The summed E-state index contributed by atoms with van der Waals surface area (Å²) in [6, 6.07) is 10.1. The first-order valence-electron chi connectivity index (χ1n) is 6.67. The summed E-state index contributed by atoms with van der Waals surface area (Å²) in [5.74, 6) is -0.174. The fourth-order valence-corrected chi connectivity index (χ4v) is 2.81. The Morgan fingerprint density at radius 1 is 1.44 bits per heavy atom. The van der Waals surface area contributed by atoms with Crippen LogP contribution in [-0.2, 0) is 11.2 Å². The van der Waals surface area contributed by atoms with Gasteiger partial charge in [-0.15, -0.1) is 0 Å². The lowest BCUT2D eigenvalue weighted by Crippen LogP contribution is -2.38. The average Bonchev–Trinajstić information content (AvgIpc) is 2.78. The molecule has 0 radical (unpaired) electrons. The van der Waals surface area contributed by atoms with Gasteiger partial charge in [-0.2, -0.15) is 0 Å². The zero-order chi connectivity index (χ0) is 13.0. The monoisotopic (exact) mass is 247 g/mol. The van der Waals surface area contributed by atoms with E-state index in [0.29, 0.717) is 5.92 Å². The van der Waals surface area contributed by atoms with Crippen LogP contribution in [0.3, 0.4) is 0 Å². The SMILES string of the molecule is CC(Cc1ccccc1)CN1CCC[C@@H]1C(=O)O. The van der Waals surface area contributed by atoms with Crippen molar-refractivity contribution in [2.75, 3.05) is 13.1 Å². The molecule has 0 aliphatic carbocycles. The number of benzene rings is 1. The molecule has 1 aromatic carbocycles. The molecule has 0 bridgehead atoms. The molecule has 98 valence electrons. The van der Waals surface area contributed by atoms with E-state index in [2.05, 4.69) is 36.1 Å². The maximum absolute atomic E-state index is 11.1. The summed E-state index contributed by atoms with van der Waals surface area (Å²) in [6.07, 6.45) is 2.83. The highest BCUT2D eigenvalue weighted by molar-refractivity contribution is 5.73. The van der Waals surface area contributed by atoms with E-state index in [1.54, 1.807) is 0 Å². The number of carboxylic acid groups (broad SMARTS) is 1. The van der Waals surface area contributed by atoms with Gasteiger partial charge < -0.3 is 5.11 Å². The number of rotatable bonds is 5. The standard InChI is InChI=1S/C15H21NO2/c1-12(10-13-6-3-2-4-7-13)11-16-9-5-8-14(16)15(17)18/h2-4,6-7,12,14H,5,8-11H2,1H3,(H,17,18)/t12?,14-/m1/s1. The molecule has 1 aliphatic heterocycles. The molecular weight excluding hydrogens is 226 g/mol. The third-order valence-corrected chi connectivity index (χ3v) is 3.62. The average molecular weight is 247 g/mol. The molecule has 2 rings (SSSR count). The van der Waals surface area contributed by atoms with Crippen molar-refractivity contribution in [1.82, 2.24) is 4.90 Å². The quantitative estimate of drug-likeness (QED) is 0.868. The van der Waals surface area contributed by atoms with Crippen LogP contribution in [0.25, 0.3) is 0 Å². The van der Waals surface area contributed by atoms with Crippen molar-refractivity contribution in [1.29, 1.82) is 0 Å². The number of likely N-dealkylation sites (tertiary alicyclic amines) is 1. The first-order valence-corrected chi connectivity index (χ1v) is 6.67. The summed E-state index contributed by atoms with van der Waals surface area (Å²) in [5.41, 5.74) is 1.33. The molecule has 18 heavy (non-hydrogen) atoms. The van der Waals surface area contributed by atoms with E-state index in [0.717, 1.165) is 32.4 Å². The molecule has 2 atom stereocenters. The Morgan fingerprint density at radius 3 is 2.83 bits per heavy atom. The van der Waals surface area contributed by atoms with E-state index in [-0.39, 0.29) is 6.04 Å². The Labute approximate surface area is 108 Å². The summed E-state index contributed by atoms with van der Waals surface area (Å²) in [5, 5.41) is 9.14. The molecule has 1 aromatic rings. The second kappa shape index (κ2) is 6.01. The van der Waals surface area contributed by atoms with Crippen molar-refractivity contribution in [3.8, 4) is 0 Å². The van der Waals surface area contributed by atoms with Gasteiger partial charge in [-0.05, 0) is 37.3 Å². The largest absolute Gasteiger partial charge is 0.480 e. The van der Waals surface area contributed by atoms with E-state index in [1.807, 2.05) is 6.07 Å². The maximum Gasteiger partial charge on any atom is 0.320 e. The molecule has 1 saturated heterocycles. The molecule has 1 N–H and O–H groups in total. The van der Waals surface area contributed by atoms with Gasteiger partial charge in [0.1, 0.15) is 6.04 Å². The fourth-order valence-electron chi connectivity index (χ4n) is 2.81. The number of carboxylic acids is 1. The van der Waals surface area contributed by atoms with Crippen molar-refractivity contribution in [2.24, 2.45) is 5.92 Å². The Kier molecular flexibility index (Phi) is 4.37. The Morgan fingerprint density at radius 2 is 2.17 bits per heavy atom. The van der Waals surface area contributed by atoms with Crippen LogP contribution < -0.4 is 0 Å². The molecule has 3 heteroatoms. The van der Waals surface area contributed by atoms with Gasteiger partial charge >= 0.3 is 5.97 Å². The van der Waals surface area contributed by atoms with Crippen molar-refractivity contribution in [3.63, 3.8) is 0 Å². The summed E-state index contributed by atoms with van der Waals surface area (Å²) in [6.45, 7) is 4.01. The van der Waals surface area contributed by atoms with Crippen LogP contribution in [0.15, 0.2) is 30.3 Å². The Balaban J connectivity index is 1.87. The van der Waals surface area contributed by atoms with Crippen LogP contribution in [0.4, 0.5) is 0 Å². The molecule has 1 fully saturated rings. The summed E-state index contributed by atoms with van der Waals surface area (Å²) in [7, 11) is 0. The molecule has 3 nitrogen and oxygen atoms in total. The van der Waals surface area contributed by atoms with Gasteiger partial charge in [0.05, 0.1) is 0 Å². The lowest BCUT2D eigenvalue weighted by molar-refractivity contribution is -0.142. The zero-order valence-corrected chi connectivity index (χ0v) is 10.9. The van der Waals surface area contributed by atoms with Crippen molar-refractivity contribution in [2.45, 2.75) is 32.2 Å². The fraction of sp³-hybridized carbons (Fsp3) is 0.533. The summed E-state index contributed by atoms with van der Waals surface area (Å²) >= 11 is 0. The molecule has 1 heterocycles. The molecule has 0 saturated carbocycles. The second-order valence-corrected chi connectivity index (χ2v) is 5.29. The van der Waals surface area contributed by atoms with Gasteiger partial charge in [0.15, 0.2) is 0 Å². The Bertz CT molecular complexity index is 391. The van der Waals surface area contributed by atoms with Crippen LogP contribution in [-0.4, -0.2) is 35.1 Å². The van der Waals surface area contributed by atoms with Gasteiger partial charge in [0.2, 0.25) is 0 Å². The first-order chi connectivity index (χ1) is 8.66. The van der Waals surface area contributed by atoms with Gasteiger partial charge in [0.25, 0.3) is 0 Å². The number of nitrogens with zero attached hydrogens (tertiary/aromatic N) is 1. The number of hydrogen-bond donors (Lipinski definition) is 1. The van der Waals surface area contributed by atoms with Gasteiger partial charge in [-0.25, -0.2) is 0 Å². The molecular formula is C15H21NO2. The lowest BCUT2D eigenvalue weighted by Gasteiger charge is -2.24. The third kappa shape index (κ3) is 3.33. The van der Waals surface area contributed by atoms with E-state index in [9.17, 15) is 4.79 Å². The molecule has 0 spiro atoms. The minimum Gasteiger partial charge on any atom is -0.480 e. The van der Waals surface area contributed by atoms with Crippen LogP contribution in [0, 0.1) is 5.92 Å². The topological polar surface area (TPSA) is 40.5 Å². The second-order valence-electron chi connectivity index (χ2n) is 5.29. The first kappa shape index (κ1) is 13.1. The van der Waals surface area contributed by atoms with Crippen LogP contribution in [0.5, 0.6) is 0 Å². The minimum atomic E-state index is -0.667. The predicted molar refractivity (Wildman–Crippen MR) is 71.5 cm³/mol. The van der Waals surface area contributed by atoms with Crippen LogP contribution in [0.2, 0.25) is 0 Å². The highest BCUT2D eigenvalue weighted by Gasteiger charge is 2.30. The summed E-state index contributed by atoms with van der Waals surface area (Å²) < 4.78 is 0. The molecule has 1 unspecified atom stereocenters. The predicted octanol–water partition coefficient (Wildman–Crippen LogP) is 2.41. The lowest BCUT2D eigenvalue weighted by atomic mass is 10.0. The van der Waals surface area contributed by atoms with E-state index >= 15 is 0 Å². The molecule has 0 amide bonds. The van der Waals surface area contributed by atoms with Crippen LogP contribution >= 0.6 is 0 Å². The summed E-state index contributed by atoms with van der Waals surface area (Å²) in [4.78, 5) is 13.2. The Hall–Kier alpha value is -1.35. The smallest absolute Gasteiger partial charge is 0.320 e. The number of aliphatic carboxylic acids is 1. The minimum absolute atomic E-state index is 0.261. The maximum atomic E-state index is 11.1. The highest BCUT2D eigenvalue weighted by atomic mass is 16.4. The number of carbonyl (C=O) groups is 1. The van der Waals surface area contributed by atoms with Crippen molar-refractivity contribution < 1.29 is 9.90 Å². The molecule has 0 aromatic heterocycles.